The lowest BCUT2D eigenvalue weighted by molar-refractivity contribution is 0.475. The minimum absolute atomic E-state index is 0.0879. The number of phenolic OH excluding ortho intramolecular Hbond substituents is 1. The van der Waals surface area contributed by atoms with E-state index < -0.39 is 30.0 Å². The minimum atomic E-state index is -4.79. The molecular formula is C11H10N2O7S2. The fourth-order valence-electron chi connectivity index (χ4n) is 1.92. The highest BCUT2D eigenvalue weighted by Crippen LogP contribution is 2.39. The van der Waals surface area contributed by atoms with Crippen LogP contribution < -0.4 is 0 Å². The van der Waals surface area contributed by atoms with E-state index in [1.54, 1.807) is 0 Å². The van der Waals surface area contributed by atoms with Gasteiger partial charge in [-0.25, -0.2) is 0 Å². The first-order valence-electron chi connectivity index (χ1n) is 5.60. The molecule has 0 aromatic heterocycles. The van der Waals surface area contributed by atoms with E-state index in [4.69, 9.17) is 4.55 Å². The molecule has 0 aliphatic heterocycles. The molecule has 3 N–H and O–H groups in total. The third-order valence-corrected chi connectivity index (χ3v) is 4.52. The molecule has 0 unspecified atom stereocenters. The fourth-order valence-corrected chi connectivity index (χ4v) is 3.26. The zero-order chi connectivity index (χ0) is 16.7. The Morgan fingerprint density at radius 3 is 2.09 bits per heavy atom. The lowest BCUT2D eigenvalue weighted by Gasteiger charge is -2.09. The van der Waals surface area contributed by atoms with Crippen LogP contribution >= 0.6 is 0 Å². The van der Waals surface area contributed by atoms with Crippen molar-refractivity contribution in [3.8, 4) is 5.75 Å². The van der Waals surface area contributed by atoms with Crippen molar-refractivity contribution < 1.29 is 31.0 Å². The molecule has 2 aromatic carbocycles. The maximum Gasteiger partial charge on any atom is 0.295 e. The van der Waals surface area contributed by atoms with Crippen molar-refractivity contribution >= 4 is 36.7 Å². The molecule has 0 fully saturated rings. The van der Waals surface area contributed by atoms with Crippen molar-refractivity contribution in [2.75, 3.05) is 7.05 Å². The highest BCUT2D eigenvalue weighted by Gasteiger charge is 2.22. The van der Waals surface area contributed by atoms with E-state index in [9.17, 15) is 26.5 Å². The predicted molar refractivity (Wildman–Crippen MR) is 75.7 cm³/mol. The van der Waals surface area contributed by atoms with Gasteiger partial charge in [-0.05, 0) is 24.3 Å². The van der Waals surface area contributed by atoms with Gasteiger partial charge in [-0.2, -0.15) is 27.1 Å². The van der Waals surface area contributed by atoms with E-state index in [1.165, 1.54) is 7.05 Å². The molecule has 0 bridgehead atoms. The highest BCUT2D eigenvalue weighted by atomic mass is 32.2. The molecule has 0 amide bonds. The van der Waals surface area contributed by atoms with Gasteiger partial charge < -0.3 is 5.11 Å². The van der Waals surface area contributed by atoms with Crippen LogP contribution in [0.1, 0.15) is 0 Å². The van der Waals surface area contributed by atoms with E-state index >= 15 is 0 Å². The van der Waals surface area contributed by atoms with E-state index in [0.29, 0.717) is 6.07 Å². The van der Waals surface area contributed by atoms with Gasteiger partial charge in [-0.15, -0.1) is 0 Å². The Morgan fingerprint density at radius 1 is 0.955 bits per heavy atom. The number of benzene rings is 2. The summed E-state index contributed by atoms with van der Waals surface area (Å²) in [7, 11) is -8.25. The van der Waals surface area contributed by atoms with E-state index in [1.807, 2.05) is 0 Å². The molecule has 9 nitrogen and oxygen atoms in total. The van der Waals surface area contributed by atoms with Crippen molar-refractivity contribution in [1.82, 2.24) is 0 Å². The minimum Gasteiger partial charge on any atom is -0.506 e. The van der Waals surface area contributed by atoms with Crippen LogP contribution in [0, 0.1) is 0 Å². The number of hydrogen-bond acceptors (Lipinski definition) is 7. The first-order valence-corrected chi connectivity index (χ1v) is 8.48. The summed E-state index contributed by atoms with van der Waals surface area (Å²) >= 11 is 0. The van der Waals surface area contributed by atoms with Crippen LogP contribution in [0.2, 0.25) is 0 Å². The second-order valence-electron chi connectivity index (χ2n) is 4.20. The number of aromatic hydroxyl groups is 1. The van der Waals surface area contributed by atoms with Gasteiger partial charge in [0.05, 0.1) is 4.90 Å². The summed E-state index contributed by atoms with van der Waals surface area (Å²) < 4.78 is 63.8. The largest absolute Gasteiger partial charge is 0.506 e. The van der Waals surface area contributed by atoms with E-state index in [0.717, 1.165) is 18.2 Å². The van der Waals surface area contributed by atoms with Crippen molar-refractivity contribution in [2.45, 2.75) is 9.79 Å². The number of rotatable bonds is 3. The van der Waals surface area contributed by atoms with Crippen LogP contribution in [0.3, 0.4) is 0 Å². The Morgan fingerprint density at radius 2 is 1.59 bits per heavy atom. The van der Waals surface area contributed by atoms with E-state index in [-0.39, 0.29) is 22.2 Å². The Balaban J connectivity index is 3.12. The first-order chi connectivity index (χ1) is 10.1. The number of azo groups is 1. The maximum atomic E-state index is 11.4. The van der Waals surface area contributed by atoms with Crippen LogP contribution in [-0.2, 0) is 20.2 Å². The number of fused-ring (bicyclic) bond motifs is 1. The Hall–Kier alpha value is -2.08. The zero-order valence-electron chi connectivity index (χ0n) is 11.0. The van der Waals surface area contributed by atoms with Gasteiger partial charge in [0.2, 0.25) is 0 Å². The molecule has 2 rings (SSSR count). The summed E-state index contributed by atoms with van der Waals surface area (Å²) in [5, 5.41) is 16.6. The highest BCUT2D eigenvalue weighted by molar-refractivity contribution is 7.86. The van der Waals surface area contributed by atoms with Crippen molar-refractivity contribution in [3.63, 3.8) is 0 Å². The molecule has 22 heavy (non-hydrogen) atoms. The van der Waals surface area contributed by atoms with Crippen LogP contribution in [0.25, 0.3) is 10.8 Å². The third-order valence-electron chi connectivity index (χ3n) is 2.80. The monoisotopic (exact) mass is 346 g/mol. The average molecular weight is 346 g/mol. The van der Waals surface area contributed by atoms with Crippen molar-refractivity contribution in [2.24, 2.45) is 10.2 Å². The molecular weight excluding hydrogens is 336 g/mol. The van der Waals surface area contributed by atoms with Crippen LogP contribution in [0.4, 0.5) is 5.69 Å². The first kappa shape index (κ1) is 16.3. The lowest BCUT2D eigenvalue weighted by atomic mass is 10.1. The Labute approximate surface area is 125 Å². The molecule has 0 saturated heterocycles. The summed E-state index contributed by atoms with van der Waals surface area (Å²) in [6.45, 7) is 0. The second kappa shape index (κ2) is 5.28. The molecule has 0 saturated carbocycles. The number of nitrogens with zero attached hydrogens (tertiary/aromatic N) is 2. The number of phenols is 1. The van der Waals surface area contributed by atoms with Crippen LogP contribution in [-0.4, -0.2) is 38.1 Å². The smallest absolute Gasteiger partial charge is 0.295 e. The topological polar surface area (TPSA) is 154 Å². The summed E-state index contributed by atoms with van der Waals surface area (Å²) in [6, 6.07) is 3.81. The Kier molecular flexibility index (Phi) is 3.91. The SMILES string of the molecule is CN=Nc1c(O)ccc2c(S(=O)(=O)O)cc(S(=O)(=O)O)cc12. The molecule has 0 heterocycles. The molecule has 0 aliphatic carbocycles. The third kappa shape index (κ3) is 2.92. The molecule has 0 spiro atoms. The summed E-state index contributed by atoms with van der Waals surface area (Å²) in [5.41, 5.74) is -0.199. The molecule has 0 radical (unpaired) electrons. The predicted octanol–water partition coefficient (Wildman–Crippen LogP) is 1.75. The van der Waals surface area contributed by atoms with Gasteiger partial charge in [-0.3, -0.25) is 9.11 Å². The van der Waals surface area contributed by atoms with Crippen LogP contribution in [0.5, 0.6) is 5.75 Å². The summed E-state index contributed by atoms with van der Waals surface area (Å²) in [6.07, 6.45) is 0. The van der Waals surface area contributed by atoms with Crippen LogP contribution in [0.15, 0.2) is 44.3 Å². The van der Waals surface area contributed by atoms with Gasteiger partial charge >= 0.3 is 0 Å². The van der Waals surface area contributed by atoms with Gasteiger partial charge in [0.15, 0.2) is 0 Å². The molecule has 0 atom stereocenters. The van der Waals surface area contributed by atoms with E-state index in [2.05, 4.69) is 10.2 Å². The van der Waals surface area contributed by atoms with Gasteiger partial charge in [-0.1, -0.05) is 0 Å². The molecule has 2 aromatic rings. The normalized spacial score (nSPS) is 13.0. The maximum absolute atomic E-state index is 11.4. The standard InChI is InChI=1S/C11H10N2O7S2/c1-12-13-11-8-4-6(21(15,16)17)5-10(22(18,19)20)7(8)2-3-9(11)14/h2-5,14H,1H3,(H,15,16,17)(H,18,19,20). The van der Waals surface area contributed by atoms with Gasteiger partial charge in [0.25, 0.3) is 20.2 Å². The summed E-state index contributed by atoms with van der Waals surface area (Å²) in [5.74, 6) is -0.383. The Bertz CT molecular complexity index is 995. The van der Waals surface area contributed by atoms with Crippen molar-refractivity contribution in [1.29, 1.82) is 0 Å². The zero-order valence-corrected chi connectivity index (χ0v) is 12.6. The average Bonchev–Trinajstić information content (AvgIpc) is 2.38. The summed E-state index contributed by atoms with van der Waals surface area (Å²) in [4.78, 5) is -1.52. The molecule has 0 aliphatic rings. The molecule has 11 heteroatoms. The second-order valence-corrected chi connectivity index (χ2v) is 7.01. The van der Waals surface area contributed by atoms with Gasteiger partial charge in [0.1, 0.15) is 16.3 Å². The van der Waals surface area contributed by atoms with Gasteiger partial charge in [0, 0.05) is 17.8 Å². The quantitative estimate of drug-likeness (QED) is 0.565. The lowest BCUT2D eigenvalue weighted by Crippen LogP contribution is -2.04. The molecule has 118 valence electrons. The van der Waals surface area contributed by atoms with Crippen molar-refractivity contribution in [3.05, 3.63) is 24.3 Å². The number of hydrogen-bond donors (Lipinski definition) is 3. The fraction of sp³-hybridized carbons (Fsp3) is 0.0909.